The predicted octanol–water partition coefficient (Wildman–Crippen LogP) is 1.68. The number of sulfone groups is 1. The molecule has 0 saturated heterocycles. The summed E-state index contributed by atoms with van der Waals surface area (Å²) in [5.74, 6) is 1.06. The van der Waals surface area contributed by atoms with Crippen LogP contribution in [0, 0.1) is 5.92 Å². The van der Waals surface area contributed by atoms with Gasteiger partial charge in [0.25, 0.3) is 0 Å². The van der Waals surface area contributed by atoms with E-state index in [1.807, 2.05) is 18.9 Å². The normalized spacial score (nSPS) is 30.5. The fourth-order valence-corrected chi connectivity index (χ4v) is 3.92. The van der Waals surface area contributed by atoms with Gasteiger partial charge in [-0.1, -0.05) is 13.8 Å². The summed E-state index contributed by atoms with van der Waals surface area (Å²) in [6.07, 6.45) is 3.77. The minimum atomic E-state index is -2.96. The third-order valence-corrected chi connectivity index (χ3v) is 6.31. The van der Waals surface area contributed by atoms with E-state index in [-0.39, 0.29) is 17.5 Å². The van der Waals surface area contributed by atoms with Crippen molar-refractivity contribution < 1.29 is 13.5 Å². The summed E-state index contributed by atoms with van der Waals surface area (Å²) in [7, 11) is -1.05. The van der Waals surface area contributed by atoms with E-state index in [9.17, 15) is 13.5 Å². The molecule has 1 N–H and O–H groups in total. The predicted molar refractivity (Wildman–Crippen MR) is 79.0 cm³/mol. The van der Waals surface area contributed by atoms with Gasteiger partial charge in [-0.15, -0.1) is 0 Å². The lowest BCUT2D eigenvalue weighted by Crippen LogP contribution is -2.48. The lowest BCUT2D eigenvalue weighted by molar-refractivity contribution is -0.0350. The Morgan fingerprint density at radius 1 is 1.37 bits per heavy atom. The van der Waals surface area contributed by atoms with Crippen molar-refractivity contribution in [1.82, 2.24) is 4.90 Å². The van der Waals surface area contributed by atoms with Crippen LogP contribution in [0.2, 0.25) is 0 Å². The van der Waals surface area contributed by atoms with Crippen LogP contribution in [0.3, 0.4) is 0 Å². The topological polar surface area (TPSA) is 57.6 Å². The molecular formula is C14H29NO3S. The van der Waals surface area contributed by atoms with Crippen LogP contribution in [0.4, 0.5) is 0 Å². The second kappa shape index (κ2) is 6.55. The molecule has 4 nitrogen and oxygen atoms in total. The summed E-state index contributed by atoms with van der Waals surface area (Å²) in [4.78, 5) is 1.99. The van der Waals surface area contributed by atoms with Crippen molar-refractivity contribution in [2.75, 3.05) is 25.1 Å². The molecule has 1 aliphatic rings. The number of hydrogen-bond donors (Lipinski definition) is 1. The second-order valence-electron chi connectivity index (χ2n) is 6.37. The molecule has 1 aliphatic carbocycles. The molecule has 1 saturated carbocycles. The number of likely N-dealkylation sites (N-methyl/N-ethyl adjacent to an activating group) is 1. The first-order valence-electron chi connectivity index (χ1n) is 7.30. The number of rotatable bonds is 6. The molecule has 0 spiro atoms. The van der Waals surface area contributed by atoms with Crippen molar-refractivity contribution >= 4 is 9.84 Å². The zero-order valence-corrected chi connectivity index (χ0v) is 13.5. The van der Waals surface area contributed by atoms with Gasteiger partial charge in [-0.25, -0.2) is 8.42 Å². The van der Waals surface area contributed by atoms with E-state index in [0.717, 1.165) is 25.7 Å². The monoisotopic (exact) mass is 291 g/mol. The largest absolute Gasteiger partial charge is 0.389 e. The Balaban J connectivity index is 2.52. The molecule has 1 unspecified atom stereocenters. The van der Waals surface area contributed by atoms with Crippen LogP contribution >= 0.6 is 0 Å². The maximum Gasteiger partial charge on any atom is 0.151 e. The summed E-state index contributed by atoms with van der Waals surface area (Å²) in [6.45, 7) is 6.39. The van der Waals surface area contributed by atoms with Crippen LogP contribution in [0.25, 0.3) is 0 Å². The molecule has 5 heteroatoms. The van der Waals surface area contributed by atoms with E-state index in [4.69, 9.17) is 0 Å². The molecule has 0 amide bonds. The van der Waals surface area contributed by atoms with Crippen molar-refractivity contribution in [1.29, 1.82) is 0 Å². The minimum absolute atomic E-state index is 0.0478. The van der Waals surface area contributed by atoms with Crippen LogP contribution < -0.4 is 0 Å². The van der Waals surface area contributed by atoms with Crippen molar-refractivity contribution in [3.63, 3.8) is 0 Å². The molecule has 0 aromatic rings. The van der Waals surface area contributed by atoms with Crippen LogP contribution in [-0.4, -0.2) is 55.2 Å². The summed E-state index contributed by atoms with van der Waals surface area (Å²) >= 11 is 0. The molecule has 0 aromatic heterocycles. The van der Waals surface area contributed by atoms with Crippen LogP contribution in [0.1, 0.15) is 46.5 Å². The van der Waals surface area contributed by atoms with E-state index >= 15 is 0 Å². The third kappa shape index (κ3) is 5.40. The quantitative estimate of drug-likeness (QED) is 0.809. The van der Waals surface area contributed by atoms with Gasteiger partial charge in [-0.05, 0) is 45.6 Å². The highest BCUT2D eigenvalue weighted by Gasteiger charge is 2.34. The van der Waals surface area contributed by atoms with Gasteiger partial charge < -0.3 is 5.11 Å². The first-order chi connectivity index (χ1) is 8.67. The highest BCUT2D eigenvalue weighted by molar-refractivity contribution is 7.91. The Labute approximate surface area is 118 Å². The number of hydrogen-bond acceptors (Lipinski definition) is 4. The van der Waals surface area contributed by atoms with E-state index < -0.39 is 15.4 Å². The van der Waals surface area contributed by atoms with Gasteiger partial charge in [0.1, 0.15) is 0 Å². The maximum atomic E-state index is 11.6. The Hall–Kier alpha value is -0.130. The Bertz CT molecular complexity index is 372. The van der Waals surface area contributed by atoms with Gasteiger partial charge in [-0.2, -0.15) is 0 Å². The van der Waals surface area contributed by atoms with Crippen LogP contribution in [0.5, 0.6) is 0 Å². The Kier molecular flexibility index (Phi) is 5.83. The van der Waals surface area contributed by atoms with E-state index in [2.05, 4.69) is 6.92 Å². The highest BCUT2D eigenvalue weighted by atomic mass is 32.2. The van der Waals surface area contributed by atoms with Gasteiger partial charge in [-0.3, -0.25) is 4.90 Å². The molecule has 0 bridgehead atoms. The maximum absolute atomic E-state index is 11.6. The van der Waals surface area contributed by atoms with E-state index in [1.54, 1.807) is 6.92 Å². The summed E-state index contributed by atoms with van der Waals surface area (Å²) in [5, 5.41) is 10.6. The van der Waals surface area contributed by atoms with Gasteiger partial charge in [0.15, 0.2) is 9.84 Å². The average molecular weight is 291 g/mol. The SMILES string of the molecule is CCS(=O)(=O)CC(C)N(C)CC1(O)CCC(C)CC1. The van der Waals surface area contributed by atoms with Crippen molar-refractivity contribution in [3.05, 3.63) is 0 Å². The fourth-order valence-electron chi connectivity index (χ4n) is 2.69. The van der Waals surface area contributed by atoms with Crippen molar-refractivity contribution in [2.45, 2.75) is 58.1 Å². The van der Waals surface area contributed by atoms with E-state index in [0.29, 0.717) is 12.5 Å². The van der Waals surface area contributed by atoms with Gasteiger partial charge >= 0.3 is 0 Å². The minimum Gasteiger partial charge on any atom is -0.389 e. The van der Waals surface area contributed by atoms with E-state index in [1.165, 1.54) is 0 Å². The van der Waals surface area contributed by atoms with Gasteiger partial charge in [0, 0.05) is 18.3 Å². The van der Waals surface area contributed by atoms with Crippen molar-refractivity contribution in [3.8, 4) is 0 Å². The molecule has 0 radical (unpaired) electrons. The average Bonchev–Trinajstić information content (AvgIpc) is 2.33. The summed E-state index contributed by atoms with van der Waals surface area (Å²) < 4.78 is 23.3. The Morgan fingerprint density at radius 2 is 1.89 bits per heavy atom. The van der Waals surface area contributed by atoms with Crippen LogP contribution in [-0.2, 0) is 9.84 Å². The van der Waals surface area contributed by atoms with Crippen molar-refractivity contribution in [2.24, 2.45) is 5.92 Å². The van der Waals surface area contributed by atoms with Crippen LogP contribution in [0.15, 0.2) is 0 Å². The second-order valence-corrected chi connectivity index (χ2v) is 8.77. The molecule has 0 heterocycles. The lowest BCUT2D eigenvalue weighted by Gasteiger charge is -2.39. The fraction of sp³-hybridized carbons (Fsp3) is 1.00. The Morgan fingerprint density at radius 3 is 2.37 bits per heavy atom. The summed E-state index contributed by atoms with van der Waals surface area (Å²) in [6, 6.07) is -0.0478. The lowest BCUT2D eigenvalue weighted by atomic mass is 9.79. The zero-order chi connectivity index (χ0) is 14.7. The molecule has 1 atom stereocenters. The number of nitrogens with zero attached hydrogens (tertiary/aromatic N) is 1. The van der Waals surface area contributed by atoms with Gasteiger partial charge in [0.05, 0.1) is 11.4 Å². The molecule has 1 fully saturated rings. The summed E-state index contributed by atoms with van der Waals surface area (Å²) in [5.41, 5.74) is -0.633. The molecule has 0 aromatic carbocycles. The first kappa shape index (κ1) is 16.9. The zero-order valence-electron chi connectivity index (χ0n) is 12.7. The standard InChI is InChI=1S/C14H29NO3S/c1-5-19(17,18)10-13(3)15(4)11-14(16)8-6-12(2)7-9-14/h12-13,16H,5-11H2,1-4H3. The molecule has 1 rings (SSSR count). The third-order valence-electron chi connectivity index (χ3n) is 4.44. The highest BCUT2D eigenvalue weighted by Crippen LogP contribution is 2.32. The molecule has 19 heavy (non-hydrogen) atoms. The number of aliphatic hydroxyl groups is 1. The smallest absolute Gasteiger partial charge is 0.151 e. The molecular weight excluding hydrogens is 262 g/mol. The first-order valence-corrected chi connectivity index (χ1v) is 9.12. The molecule has 114 valence electrons. The van der Waals surface area contributed by atoms with Gasteiger partial charge in [0.2, 0.25) is 0 Å². The molecule has 0 aliphatic heterocycles.